The number of nitrogens with one attached hydrogen (secondary N) is 2. The largest absolute Gasteiger partial charge is 0.393 e. The minimum Gasteiger partial charge on any atom is -0.393 e. The van der Waals surface area contributed by atoms with Crippen molar-refractivity contribution in [2.24, 2.45) is 4.99 Å². The number of nitrogens with zero attached hydrogens (tertiary/aromatic N) is 2. The number of hydrogen-bond donors (Lipinski definition) is 3. The summed E-state index contributed by atoms with van der Waals surface area (Å²) in [7, 11) is 2.17. The third-order valence-electron chi connectivity index (χ3n) is 5.30. The van der Waals surface area contributed by atoms with E-state index in [1.807, 2.05) is 0 Å². The first kappa shape index (κ1) is 21.3. The van der Waals surface area contributed by atoms with E-state index in [1.165, 1.54) is 29.7 Å². The van der Waals surface area contributed by atoms with Gasteiger partial charge >= 0.3 is 0 Å². The topological polar surface area (TPSA) is 59.9 Å². The first-order chi connectivity index (χ1) is 12.2. The van der Waals surface area contributed by atoms with Gasteiger partial charge in [-0.15, -0.1) is 24.0 Å². The maximum atomic E-state index is 9.65. The van der Waals surface area contributed by atoms with Crippen LogP contribution in [0.4, 0.5) is 5.69 Å². The van der Waals surface area contributed by atoms with Crippen LogP contribution in [0.2, 0.25) is 0 Å². The summed E-state index contributed by atoms with van der Waals surface area (Å²) < 4.78 is 0. The summed E-state index contributed by atoms with van der Waals surface area (Å²) in [6.07, 6.45) is 6.07. The smallest absolute Gasteiger partial charge is 0.191 e. The molecule has 0 atom stereocenters. The summed E-state index contributed by atoms with van der Waals surface area (Å²) >= 11 is 0. The number of aryl methyl sites for hydroxylation is 1. The molecule has 5 nitrogen and oxygen atoms in total. The Kier molecular flexibility index (Phi) is 8.47. The predicted molar refractivity (Wildman–Crippen MR) is 120 cm³/mol. The van der Waals surface area contributed by atoms with Crippen LogP contribution in [-0.4, -0.2) is 43.3 Å². The van der Waals surface area contributed by atoms with Crippen molar-refractivity contribution >= 4 is 35.6 Å². The Morgan fingerprint density at radius 1 is 1.27 bits per heavy atom. The van der Waals surface area contributed by atoms with E-state index in [0.29, 0.717) is 12.6 Å². The molecule has 2 aliphatic rings. The lowest BCUT2D eigenvalue weighted by molar-refractivity contribution is 0.120. The van der Waals surface area contributed by atoms with Crippen molar-refractivity contribution < 1.29 is 5.11 Å². The molecule has 0 amide bonds. The average molecular weight is 472 g/mol. The van der Waals surface area contributed by atoms with E-state index in [-0.39, 0.29) is 30.1 Å². The number of anilines is 1. The first-order valence-electron chi connectivity index (χ1n) is 9.71. The highest BCUT2D eigenvalue weighted by Crippen LogP contribution is 2.27. The van der Waals surface area contributed by atoms with Crippen LogP contribution in [0.1, 0.15) is 50.2 Å². The van der Waals surface area contributed by atoms with Crippen LogP contribution in [0.3, 0.4) is 0 Å². The van der Waals surface area contributed by atoms with Crippen LogP contribution in [0.25, 0.3) is 0 Å². The summed E-state index contributed by atoms with van der Waals surface area (Å²) in [5.41, 5.74) is 4.08. The molecular weight excluding hydrogens is 439 g/mol. The van der Waals surface area contributed by atoms with Crippen LogP contribution < -0.4 is 15.5 Å². The maximum Gasteiger partial charge on any atom is 0.191 e. The fourth-order valence-corrected chi connectivity index (χ4v) is 3.84. The number of rotatable bonds is 4. The highest BCUT2D eigenvalue weighted by atomic mass is 127. The van der Waals surface area contributed by atoms with Crippen molar-refractivity contribution in [2.75, 3.05) is 25.0 Å². The number of hydrogen-bond acceptors (Lipinski definition) is 3. The Balaban J connectivity index is 0.00000243. The van der Waals surface area contributed by atoms with Crippen LogP contribution in [0.15, 0.2) is 23.2 Å². The van der Waals surface area contributed by atoms with Crippen molar-refractivity contribution in [3.63, 3.8) is 0 Å². The second-order valence-corrected chi connectivity index (χ2v) is 7.33. The number of aliphatic hydroxyl groups is 1. The van der Waals surface area contributed by atoms with E-state index in [0.717, 1.165) is 44.7 Å². The highest BCUT2D eigenvalue weighted by Gasteiger charge is 2.20. The molecular formula is C20H33IN4O. The van der Waals surface area contributed by atoms with Crippen LogP contribution in [0.5, 0.6) is 0 Å². The van der Waals surface area contributed by atoms with Crippen molar-refractivity contribution in [2.45, 2.75) is 64.1 Å². The molecule has 1 heterocycles. The Bertz CT molecular complexity index is 599. The summed E-state index contributed by atoms with van der Waals surface area (Å²) in [6, 6.07) is 7.17. The van der Waals surface area contributed by atoms with Gasteiger partial charge in [0.15, 0.2) is 5.96 Å². The van der Waals surface area contributed by atoms with E-state index in [4.69, 9.17) is 4.99 Å². The lowest BCUT2D eigenvalue weighted by atomic mass is 9.93. The number of halogens is 1. The molecule has 1 fully saturated rings. The average Bonchev–Trinajstić information content (AvgIpc) is 2.62. The van der Waals surface area contributed by atoms with E-state index < -0.39 is 0 Å². The Morgan fingerprint density at radius 3 is 2.77 bits per heavy atom. The van der Waals surface area contributed by atoms with Gasteiger partial charge in [-0.05, 0) is 62.6 Å². The quantitative estimate of drug-likeness (QED) is 0.358. The minimum atomic E-state index is -0.119. The third-order valence-corrected chi connectivity index (χ3v) is 5.30. The first-order valence-corrected chi connectivity index (χ1v) is 9.71. The van der Waals surface area contributed by atoms with Crippen molar-refractivity contribution in [3.8, 4) is 0 Å². The van der Waals surface area contributed by atoms with Crippen molar-refractivity contribution in [1.82, 2.24) is 10.6 Å². The number of fused-ring (bicyclic) bond motifs is 1. The molecule has 0 radical (unpaired) electrons. The van der Waals surface area contributed by atoms with Crippen LogP contribution in [-0.2, 0) is 13.0 Å². The van der Waals surface area contributed by atoms with Crippen molar-refractivity contribution in [3.05, 3.63) is 29.3 Å². The molecule has 6 heteroatoms. The second-order valence-electron chi connectivity index (χ2n) is 7.33. The molecule has 0 spiro atoms. The van der Waals surface area contributed by atoms with Gasteiger partial charge in [0.1, 0.15) is 0 Å². The Hall–Kier alpha value is -1.02. The van der Waals surface area contributed by atoms with Crippen molar-refractivity contribution in [1.29, 1.82) is 0 Å². The zero-order valence-electron chi connectivity index (χ0n) is 16.0. The van der Waals surface area contributed by atoms with Gasteiger partial charge in [-0.2, -0.15) is 0 Å². The van der Waals surface area contributed by atoms with Gasteiger partial charge in [0.05, 0.1) is 12.6 Å². The van der Waals surface area contributed by atoms with Gasteiger partial charge in [0, 0.05) is 31.9 Å². The van der Waals surface area contributed by atoms with Gasteiger partial charge < -0.3 is 20.6 Å². The monoisotopic (exact) mass is 472 g/mol. The molecule has 26 heavy (non-hydrogen) atoms. The van der Waals surface area contributed by atoms with E-state index in [9.17, 15) is 5.11 Å². The molecule has 0 aromatic heterocycles. The van der Waals surface area contributed by atoms with Crippen LogP contribution >= 0.6 is 24.0 Å². The molecule has 0 bridgehead atoms. The summed E-state index contributed by atoms with van der Waals surface area (Å²) in [5.74, 6) is 0.888. The summed E-state index contributed by atoms with van der Waals surface area (Å²) in [6.45, 7) is 4.80. The fraction of sp³-hybridized carbons (Fsp3) is 0.650. The van der Waals surface area contributed by atoms with Gasteiger partial charge in [0.25, 0.3) is 0 Å². The number of aliphatic hydroxyl groups excluding tert-OH is 1. The molecule has 1 aromatic rings. The normalized spacial score (nSPS) is 23.0. The van der Waals surface area contributed by atoms with Gasteiger partial charge in [-0.1, -0.05) is 12.1 Å². The summed E-state index contributed by atoms with van der Waals surface area (Å²) in [4.78, 5) is 7.13. The second kappa shape index (κ2) is 10.3. The zero-order chi connectivity index (χ0) is 17.6. The third kappa shape index (κ3) is 5.74. The maximum absolute atomic E-state index is 9.65. The molecule has 1 aromatic carbocycles. The lowest BCUT2D eigenvalue weighted by Crippen LogP contribution is -2.45. The molecule has 1 aliphatic carbocycles. The van der Waals surface area contributed by atoms with Gasteiger partial charge in [-0.3, -0.25) is 0 Å². The SMILES string of the molecule is CCNC(=NCc1ccc2c(c1)CCCN2C)NC1CCC(O)CC1.I. The Morgan fingerprint density at radius 2 is 2.04 bits per heavy atom. The van der Waals surface area contributed by atoms with Gasteiger partial charge in [-0.25, -0.2) is 4.99 Å². The number of benzene rings is 1. The molecule has 146 valence electrons. The van der Waals surface area contributed by atoms with E-state index in [2.05, 4.69) is 47.7 Å². The van der Waals surface area contributed by atoms with E-state index in [1.54, 1.807) is 0 Å². The minimum absolute atomic E-state index is 0. The molecule has 0 saturated heterocycles. The number of guanidine groups is 1. The standard InChI is InChI=1S/C20H32N4O.HI/c1-3-21-20(23-17-7-9-18(25)10-8-17)22-14-15-6-11-19-16(13-15)5-4-12-24(19)2;/h6,11,13,17-18,25H,3-5,7-10,12,14H2,1-2H3,(H2,21,22,23);1H. The molecule has 3 rings (SSSR count). The van der Waals surface area contributed by atoms with Crippen LogP contribution in [0, 0.1) is 0 Å². The molecule has 1 aliphatic heterocycles. The summed E-state index contributed by atoms with van der Waals surface area (Å²) in [5, 5.41) is 16.5. The van der Waals surface area contributed by atoms with Gasteiger partial charge in [0.2, 0.25) is 0 Å². The Labute approximate surface area is 174 Å². The predicted octanol–water partition coefficient (Wildman–Crippen LogP) is 3.05. The molecule has 0 unspecified atom stereocenters. The van der Waals surface area contributed by atoms with E-state index >= 15 is 0 Å². The highest BCUT2D eigenvalue weighted by molar-refractivity contribution is 14.0. The fourth-order valence-electron chi connectivity index (χ4n) is 3.84. The zero-order valence-corrected chi connectivity index (χ0v) is 18.3. The molecule has 1 saturated carbocycles. The lowest BCUT2D eigenvalue weighted by Gasteiger charge is -2.28. The number of aliphatic imine (C=N–C) groups is 1. The molecule has 3 N–H and O–H groups in total.